The first-order valence-electron chi connectivity index (χ1n) is 12.2. The van der Waals surface area contributed by atoms with E-state index in [1.54, 1.807) is 38.6 Å². The van der Waals surface area contributed by atoms with Gasteiger partial charge in [-0.25, -0.2) is 15.2 Å². The number of fused-ring (bicyclic) bond motifs is 3. The molecule has 1 aromatic carbocycles. The lowest BCUT2D eigenvalue weighted by molar-refractivity contribution is 0.0547. The zero-order chi connectivity index (χ0) is 26.3. The van der Waals surface area contributed by atoms with Crippen LogP contribution in [0.25, 0.3) is 27.8 Å². The number of pyridine rings is 2. The number of hydrogen-bond donors (Lipinski definition) is 2. The summed E-state index contributed by atoms with van der Waals surface area (Å²) in [4.78, 5) is 9.63. The van der Waals surface area contributed by atoms with Crippen LogP contribution >= 0.6 is 0 Å². The van der Waals surface area contributed by atoms with Crippen LogP contribution in [0.15, 0.2) is 59.4 Å². The van der Waals surface area contributed by atoms with Gasteiger partial charge in [0.05, 0.1) is 33.6 Å². The number of hydrazine groups is 1. The first-order chi connectivity index (χ1) is 17.8. The molecular formula is C27H31FN6O2S. The Morgan fingerprint density at radius 2 is 1.97 bits per heavy atom. The van der Waals surface area contributed by atoms with Crippen LogP contribution < -0.4 is 11.6 Å². The second kappa shape index (κ2) is 10.2. The molecule has 1 aliphatic heterocycles. The third-order valence-corrected chi connectivity index (χ3v) is 7.79. The van der Waals surface area contributed by atoms with E-state index in [0.29, 0.717) is 40.8 Å². The number of halogens is 1. The molecule has 1 fully saturated rings. The fourth-order valence-corrected chi connectivity index (χ4v) is 5.86. The third kappa shape index (κ3) is 4.60. The van der Waals surface area contributed by atoms with Crippen LogP contribution in [0, 0.1) is 11.7 Å². The Bertz CT molecular complexity index is 1520. The Kier molecular flexibility index (Phi) is 6.98. The first kappa shape index (κ1) is 25.3. The van der Waals surface area contributed by atoms with Crippen LogP contribution in [0.3, 0.4) is 0 Å². The molecule has 4 aromatic rings. The zero-order valence-electron chi connectivity index (χ0n) is 21.1. The second-order valence-corrected chi connectivity index (χ2v) is 10.8. The van der Waals surface area contributed by atoms with Gasteiger partial charge in [0.15, 0.2) is 0 Å². The van der Waals surface area contributed by atoms with Crippen LogP contribution in [0.1, 0.15) is 36.9 Å². The molecule has 10 heteroatoms. The van der Waals surface area contributed by atoms with Gasteiger partial charge < -0.3 is 20.0 Å². The highest BCUT2D eigenvalue weighted by atomic mass is 32.2. The lowest BCUT2D eigenvalue weighted by Gasteiger charge is -2.33. The third-order valence-electron chi connectivity index (χ3n) is 6.97. The van der Waals surface area contributed by atoms with Gasteiger partial charge in [-0.05, 0) is 49.9 Å². The first-order valence-corrected chi connectivity index (χ1v) is 13.7. The highest BCUT2D eigenvalue weighted by Crippen LogP contribution is 2.41. The fraction of sp³-hybridized carbons (Fsp3) is 0.333. The predicted octanol–water partition coefficient (Wildman–Crippen LogP) is 3.93. The van der Waals surface area contributed by atoms with Gasteiger partial charge in [-0.1, -0.05) is 18.2 Å². The van der Waals surface area contributed by atoms with Gasteiger partial charge in [0.2, 0.25) is 0 Å². The van der Waals surface area contributed by atoms with E-state index in [1.165, 1.54) is 11.1 Å². The standard InChI is InChI=1S/C27H31FN6O2S/c1-16(29)25(33(2)30)18-14-22-24(31-15-18)20-8-9-23(37(3)35)32-27(20)34(22)26(17-10-12-36-13-11-17)19-6-4-5-7-21(19)28/h4-9,14-15,17,26H,10-13,29-30H2,1-3H3/b25-16-/t26-,37?/m0/s1. The van der Waals surface area contributed by atoms with E-state index in [0.717, 1.165) is 34.8 Å². The van der Waals surface area contributed by atoms with E-state index in [9.17, 15) is 4.21 Å². The summed E-state index contributed by atoms with van der Waals surface area (Å²) in [6.07, 6.45) is 4.87. The molecule has 5 rings (SSSR count). The topological polar surface area (TPSA) is 112 Å². The van der Waals surface area contributed by atoms with Crippen LogP contribution in [-0.2, 0) is 15.5 Å². The molecule has 8 nitrogen and oxygen atoms in total. The van der Waals surface area contributed by atoms with Crippen molar-refractivity contribution in [3.63, 3.8) is 0 Å². The summed E-state index contributed by atoms with van der Waals surface area (Å²) in [5.74, 6) is 5.93. The van der Waals surface area contributed by atoms with E-state index < -0.39 is 10.8 Å². The molecule has 1 aliphatic rings. The van der Waals surface area contributed by atoms with Crippen molar-refractivity contribution in [1.82, 2.24) is 19.5 Å². The molecule has 1 saturated heterocycles. The largest absolute Gasteiger partial charge is 0.401 e. The molecule has 0 amide bonds. The number of rotatable bonds is 6. The summed E-state index contributed by atoms with van der Waals surface area (Å²) in [6.45, 7) is 2.99. The van der Waals surface area contributed by atoms with E-state index in [-0.39, 0.29) is 17.8 Å². The van der Waals surface area contributed by atoms with Gasteiger partial charge in [0, 0.05) is 54.9 Å². The van der Waals surface area contributed by atoms with E-state index in [4.69, 9.17) is 26.3 Å². The molecule has 2 atom stereocenters. The smallest absolute Gasteiger partial charge is 0.144 e. The van der Waals surface area contributed by atoms with Crippen molar-refractivity contribution in [3.8, 4) is 0 Å². The minimum absolute atomic E-state index is 0.0918. The zero-order valence-corrected chi connectivity index (χ0v) is 22.0. The molecule has 0 radical (unpaired) electrons. The maximum atomic E-state index is 15.4. The second-order valence-electron chi connectivity index (χ2n) is 9.50. The average molecular weight is 523 g/mol. The Morgan fingerprint density at radius 1 is 1.24 bits per heavy atom. The molecule has 4 heterocycles. The Balaban J connectivity index is 1.89. The Labute approximate surface area is 217 Å². The number of ether oxygens (including phenoxy) is 1. The van der Waals surface area contributed by atoms with Crippen molar-refractivity contribution in [2.45, 2.75) is 30.8 Å². The molecule has 37 heavy (non-hydrogen) atoms. The summed E-state index contributed by atoms with van der Waals surface area (Å²) in [5, 5.41) is 2.73. The molecular weight excluding hydrogens is 491 g/mol. The summed E-state index contributed by atoms with van der Waals surface area (Å²) >= 11 is 0. The van der Waals surface area contributed by atoms with Gasteiger partial charge in [-0.15, -0.1) is 0 Å². The maximum absolute atomic E-state index is 15.4. The Morgan fingerprint density at radius 3 is 2.62 bits per heavy atom. The van der Waals surface area contributed by atoms with Crippen LogP contribution in [0.4, 0.5) is 4.39 Å². The van der Waals surface area contributed by atoms with Crippen LogP contribution in [0.2, 0.25) is 0 Å². The van der Waals surface area contributed by atoms with Crippen LogP contribution in [-0.4, -0.2) is 50.3 Å². The van der Waals surface area contributed by atoms with Gasteiger partial charge in [0.1, 0.15) is 16.5 Å². The van der Waals surface area contributed by atoms with Crippen molar-refractivity contribution in [2.24, 2.45) is 17.5 Å². The molecule has 1 unspecified atom stereocenters. The highest BCUT2D eigenvalue weighted by molar-refractivity contribution is 7.84. The van der Waals surface area contributed by atoms with Crippen molar-refractivity contribution in [1.29, 1.82) is 0 Å². The summed E-state index contributed by atoms with van der Waals surface area (Å²) in [5.41, 5.74) is 10.8. The number of nitrogens with zero attached hydrogens (tertiary/aromatic N) is 4. The molecule has 0 spiro atoms. The maximum Gasteiger partial charge on any atom is 0.144 e. The lowest BCUT2D eigenvalue weighted by Crippen LogP contribution is -2.28. The van der Waals surface area contributed by atoms with Gasteiger partial charge in [-0.3, -0.25) is 9.19 Å². The SMILES string of the molecule is C/C(N)=C(\c1cnc2c3ccc(S(C)=O)nc3n([C@H](c3ccccc3F)C3CCOCC3)c2c1)N(C)N. The molecule has 4 N–H and O–H groups in total. The highest BCUT2D eigenvalue weighted by Gasteiger charge is 2.32. The summed E-state index contributed by atoms with van der Waals surface area (Å²) in [6, 6.07) is 12.1. The number of hydrogen-bond acceptors (Lipinski definition) is 7. The molecule has 194 valence electrons. The molecule has 3 aromatic heterocycles. The van der Waals surface area contributed by atoms with Gasteiger partial charge in [0.25, 0.3) is 0 Å². The predicted molar refractivity (Wildman–Crippen MR) is 144 cm³/mol. The van der Waals surface area contributed by atoms with Crippen molar-refractivity contribution in [3.05, 3.63) is 71.3 Å². The van der Waals surface area contributed by atoms with Crippen molar-refractivity contribution in [2.75, 3.05) is 26.5 Å². The lowest BCUT2D eigenvalue weighted by atomic mass is 9.86. The molecule has 0 bridgehead atoms. The minimum atomic E-state index is -1.29. The van der Waals surface area contributed by atoms with Crippen molar-refractivity contribution >= 4 is 38.6 Å². The molecule has 0 saturated carbocycles. The van der Waals surface area contributed by atoms with E-state index in [1.807, 2.05) is 24.3 Å². The number of allylic oxidation sites excluding steroid dienone is 1. The van der Waals surface area contributed by atoms with Crippen molar-refractivity contribution < 1.29 is 13.3 Å². The monoisotopic (exact) mass is 522 g/mol. The summed E-state index contributed by atoms with van der Waals surface area (Å²) in [7, 11) is 0.430. The Hall–Kier alpha value is -3.34. The number of benzene rings is 1. The fourth-order valence-electron chi connectivity index (χ4n) is 5.39. The van der Waals surface area contributed by atoms with Crippen LogP contribution in [0.5, 0.6) is 0 Å². The average Bonchev–Trinajstić information content (AvgIpc) is 3.18. The minimum Gasteiger partial charge on any atom is -0.401 e. The number of aromatic nitrogens is 3. The van der Waals surface area contributed by atoms with E-state index in [2.05, 4.69) is 4.57 Å². The summed E-state index contributed by atoms with van der Waals surface area (Å²) < 4.78 is 35.6. The van der Waals surface area contributed by atoms with Gasteiger partial charge in [-0.2, -0.15) is 0 Å². The molecule has 0 aliphatic carbocycles. The normalized spacial score (nSPS) is 17.1. The van der Waals surface area contributed by atoms with E-state index >= 15 is 4.39 Å². The number of nitrogens with two attached hydrogens (primary N) is 2. The quantitative estimate of drug-likeness (QED) is 0.291. The van der Waals surface area contributed by atoms with Gasteiger partial charge >= 0.3 is 0 Å².